The summed E-state index contributed by atoms with van der Waals surface area (Å²) in [6, 6.07) is 11.0. The number of aldehydes is 1. The number of fused-ring (bicyclic) bond motifs is 2. The van der Waals surface area contributed by atoms with Crippen molar-refractivity contribution in [2.45, 2.75) is 39.4 Å². The van der Waals surface area contributed by atoms with E-state index >= 15 is 0 Å². The topological polar surface area (TPSA) is 94.7 Å². The lowest BCUT2D eigenvalue weighted by Gasteiger charge is -2.22. The normalized spacial score (nSPS) is 13.8. The highest BCUT2D eigenvalue weighted by Crippen LogP contribution is 2.35. The monoisotopic (exact) mass is 498 g/mol. The van der Waals surface area contributed by atoms with Crippen LogP contribution in [-0.2, 0) is 13.1 Å². The van der Waals surface area contributed by atoms with Crippen LogP contribution in [0.3, 0.4) is 0 Å². The minimum Gasteiger partial charge on any atom is -0.377 e. The molecular weight excluding hydrogens is 476 g/mol. The van der Waals surface area contributed by atoms with E-state index in [-0.39, 0.29) is 11.6 Å². The van der Waals surface area contributed by atoms with Crippen LogP contribution in [0.25, 0.3) is 33.1 Å². The second-order valence-electron chi connectivity index (χ2n) is 9.18. The number of aryl methyl sites for hydroxylation is 3. The van der Waals surface area contributed by atoms with Crippen molar-refractivity contribution >= 4 is 45.4 Å². The van der Waals surface area contributed by atoms with E-state index < -0.39 is 0 Å². The minimum atomic E-state index is -0.166. The van der Waals surface area contributed by atoms with Gasteiger partial charge in [0.05, 0.1) is 17.6 Å². The van der Waals surface area contributed by atoms with E-state index in [1.165, 1.54) is 0 Å². The van der Waals surface area contributed by atoms with Gasteiger partial charge in [-0.25, -0.2) is 9.67 Å². The van der Waals surface area contributed by atoms with Crippen molar-refractivity contribution in [1.29, 1.82) is 0 Å². The van der Waals surface area contributed by atoms with E-state index in [9.17, 15) is 9.59 Å². The SMILES string of the molecule is Cc1cc(C(C)Nc2ccc(Cl)nc2-c2ccc(C=O)nc2)c2c(c1)c(=O)n1c3c2cnn3CCC1. The molecule has 1 N–H and O–H groups in total. The van der Waals surface area contributed by atoms with Gasteiger partial charge in [-0.2, -0.15) is 5.10 Å². The molecule has 180 valence electrons. The number of rotatable bonds is 5. The van der Waals surface area contributed by atoms with Crippen LogP contribution in [0.15, 0.2) is 53.6 Å². The number of nitrogens with zero attached hydrogens (tertiary/aromatic N) is 5. The molecule has 36 heavy (non-hydrogen) atoms. The summed E-state index contributed by atoms with van der Waals surface area (Å²) in [7, 11) is 0. The van der Waals surface area contributed by atoms with Gasteiger partial charge in [0.1, 0.15) is 16.5 Å². The number of benzene rings is 1. The molecule has 5 heterocycles. The van der Waals surface area contributed by atoms with Crippen molar-refractivity contribution in [3.8, 4) is 11.3 Å². The maximum absolute atomic E-state index is 13.5. The number of pyridine rings is 3. The number of carbonyl (C=O) groups is 1. The summed E-state index contributed by atoms with van der Waals surface area (Å²) < 4.78 is 3.78. The van der Waals surface area contributed by atoms with Crippen LogP contribution in [0.2, 0.25) is 5.15 Å². The predicted molar refractivity (Wildman–Crippen MR) is 141 cm³/mol. The summed E-state index contributed by atoms with van der Waals surface area (Å²) in [6.07, 6.45) is 5.08. The zero-order valence-corrected chi connectivity index (χ0v) is 20.6. The number of aromatic nitrogens is 5. The van der Waals surface area contributed by atoms with Gasteiger partial charge in [-0.15, -0.1) is 0 Å². The van der Waals surface area contributed by atoms with Crippen LogP contribution in [0.5, 0.6) is 0 Å². The van der Waals surface area contributed by atoms with Crippen molar-refractivity contribution in [2.24, 2.45) is 0 Å². The molecule has 0 fully saturated rings. The molecule has 1 aliphatic rings. The third-order valence-corrected chi connectivity index (χ3v) is 6.97. The second kappa shape index (κ2) is 8.57. The van der Waals surface area contributed by atoms with Gasteiger partial charge >= 0.3 is 0 Å². The molecule has 9 heteroatoms. The van der Waals surface area contributed by atoms with E-state index in [1.807, 2.05) is 34.5 Å². The molecule has 0 saturated heterocycles. The number of nitrogens with one attached hydrogen (secondary N) is 1. The summed E-state index contributed by atoms with van der Waals surface area (Å²) >= 11 is 6.24. The zero-order chi connectivity index (χ0) is 25.0. The van der Waals surface area contributed by atoms with Crippen molar-refractivity contribution in [3.05, 3.63) is 81.1 Å². The van der Waals surface area contributed by atoms with Crippen LogP contribution in [0.4, 0.5) is 5.69 Å². The fraction of sp³-hybridized carbons (Fsp3) is 0.222. The molecule has 0 amide bonds. The molecule has 1 aromatic carbocycles. The fourth-order valence-electron chi connectivity index (χ4n) is 5.15. The quantitative estimate of drug-likeness (QED) is 0.266. The molecule has 4 aromatic heterocycles. The largest absolute Gasteiger partial charge is 0.377 e. The lowest BCUT2D eigenvalue weighted by atomic mass is 9.95. The fourth-order valence-corrected chi connectivity index (χ4v) is 5.30. The molecule has 0 radical (unpaired) electrons. The summed E-state index contributed by atoms with van der Waals surface area (Å²) in [6.45, 7) is 5.58. The molecule has 6 rings (SSSR count). The van der Waals surface area contributed by atoms with Gasteiger partial charge in [0, 0.05) is 47.1 Å². The maximum atomic E-state index is 13.5. The zero-order valence-electron chi connectivity index (χ0n) is 19.8. The van der Waals surface area contributed by atoms with Gasteiger partial charge in [-0.3, -0.25) is 19.1 Å². The van der Waals surface area contributed by atoms with Crippen molar-refractivity contribution < 1.29 is 4.79 Å². The van der Waals surface area contributed by atoms with E-state index in [0.717, 1.165) is 51.8 Å². The van der Waals surface area contributed by atoms with E-state index in [1.54, 1.807) is 24.4 Å². The Morgan fingerprint density at radius 3 is 2.75 bits per heavy atom. The van der Waals surface area contributed by atoms with Crippen molar-refractivity contribution in [2.75, 3.05) is 5.32 Å². The third-order valence-electron chi connectivity index (χ3n) is 6.76. The van der Waals surface area contributed by atoms with Crippen LogP contribution < -0.4 is 10.9 Å². The van der Waals surface area contributed by atoms with Crippen LogP contribution in [0, 0.1) is 6.92 Å². The first-order chi connectivity index (χ1) is 17.4. The Hall–Kier alpha value is -4.04. The Balaban J connectivity index is 1.50. The lowest BCUT2D eigenvalue weighted by molar-refractivity contribution is 0.111. The van der Waals surface area contributed by atoms with E-state index in [0.29, 0.717) is 34.8 Å². The van der Waals surface area contributed by atoms with Crippen molar-refractivity contribution in [1.82, 2.24) is 24.3 Å². The highest BCUT2D eigenvalue weighted by atomic mass is 35.5. The number of carbonyl (C=O) groups excluding carboxylic acids is 1. The van der Waals surface area contributed by atoms with Gasteiger partial charge in [0.25, 0.3) is 5.56 Å². The Morgan fingerprint density at radius 1 is 1.11 bits per heavy atom. The Kier molecular flexibility index (Phi) is 5.34. The van der Waals surface area contributed by atoms with E-state index in [4.69, 9.17) is 11.6 Å². The first-order valence-corrected chi connectivity index (χ1v) is 12.2. The van der Waals surface area contributed by atoms with Gasteiger partial charge in [0.2, 0.25) is 0 Å². The number of hydrogen-bond acceptors (Lipinski definition) is 6. The first-order valence-electron chi connectivity index (χ1n) is 11.8. The maximum Gasteiger partial charge on any atom is 0.260 e. The number of anilines is 1. The second-order valence-corrected chi connectivity index (χ2v) is 9.57. The molecule has 5 aromatic rings. The van der Waals surface area contributed by atoms with Gasteiger partial charge in [0.15, 0.2) is 6.29 Å². The highest BCUT2D eigenvalue weighted by molar-refractivity contribution is 6.29. The molecule has 1 aliphatic heterocycles. The summed E-state index contributed by atoms with van der Waals surface area (Å²) in [5.74, 6) is 0. The molecule has 0 saturated carbocycles. The summed E-state index contributed by atoms with van der Waals surface area (Å²) in [5.41, 5.74) is 5.40. The van der Waals surface area contributed by atoms with Crippen LogP contribution >= 0.6 is 11.6 Å². The molecule has 0 spiro atoms. The standard InChI is InChI=1S/C27H23ClN6O2/c1-15-10-19(24-20(11-15)27(36)33-8-3-9-34-26(33)21(24)13-30-34)16(2)31-22-6-7-23(28)32-25(22)17-4-5-18(14-35)29-12-17/h4-7,10-14,16,31H,3,8-9H2,1-2H3. The molecule has 0 aliphatic carbocycles. The highest BCUT2D eigenvalue weighted by Gasteiger charge is 2.23. The predicted octanol–water partition coefficient (Wildman–Crippen LogP) is 5.16. The smallest absolute Gasteiger partial charge is 0.260 e. The Morgan fingerprint density at radius 2 is 1.97 bits per heavy atom. The molecule has 1 atom stereocenters. The van der Waals surface area contributed by atoms with Crippen molar-refractivity contribution in [3.63, 3.8) is 0 Å². The molecule has 8 nitrogen and oxygen atoms in total. The van der Waals surface area contributed by atoms with Crippen LogP contribution in [-0.4, -0.2) is 30.6 Å². The van der Waals surface area contributed by atoms with E-state index in [2.05, 4.69) is 33.4 Å². The minimum absolute atomic E-state index is 0.0197. The molecule has 1 unspecified atom stereocenters. The van der Waals surface area contributed by atoms with Crippen LogP contribution in [0.1, 0.15) is 41.0 Å². The van der Waals surface area contributed by atoms with Gasteiger partial charge < -0.3 is 5.32 Å². The third kappa shape index (κ3) is 3.56. The Bertz CT molecular complexity index is 1720. The summed E-state index contributed by atoms with van der Waals surface area (Å²) in [4.78, 5) is 33.3. The summed E-state index contributed by atoms with van der Waals surface area (Å²) in [5, 5.41) is 11.1. The first kappa shape index (κ1) is 22.4. The Labute approximate surface area is 211 Å². The average molecular weight is 499 g/mol. The average Bonchev–Trinajstić information content (AvgIpc) is 3.32. The van der Waals surface area contributed by atoms with Gasteiger partial charge in [-0.1, -0.05) is 17.7 Å². The lowest BCUT2D eigenvalue weighted by Crippen LogP contribution is -2.27. The molecular formula is C27H23ClN6O2. The number of hydrogen-bond donors (Lipinski definition) is 1. The number of halogens is 1. The molecule has 0 bridgehead atoms. The van der Waals surface area contributed by atoms with Gasteiger partial charge in [-0.05, 0) is 61.7 Å².